The molecule has 3 aromatic heterocycles. The smallest absolute Gasteiger partial charge is 0.335 e. The highest BCUT2D eigenvalue weighted by atomic mass is 16.4. The first-order valence-electron chi connectivity index (χ1n) is 8.53. The van der Waals surface area contributed by atoms with Crippen LogP contribution in [0.2, 0.25) is 0 Å². The van der Waals surface area contributed by atoms with Gasteiger partial charge in [0, 0.05) is 6.54 Å². The van der Waals surface area contributed by atoms with E-state index in [0.717, 1.165) is 11.3 Å². The molecule has 10 heteroatoms. The molecule has 3 heterocycles. The molecular formula is C18H17N7O3. The zero-order valence-corrected chi connectivity index (χ0v) is 15.0. The van der Waals surface area contributed by atoms with Gasteiger partial charge in [-0.3, -0.25) is 0 Å². The summed E-state index contributed by atoms with van der Waals surface area (Å²) in [6.45, 7) is 2.38. The van der Waals surface area contributed by atoms with Gasteiger partial charge in [-0.2, -0.15) is 19.5 Å². The van der Waals surface area contributed by atoms with Crippen molar-refractivity contribution in [3.63, 3.8) is 0 Å². The molecule has 0 spiro atoms. The van der Waals surface area contributed by atoms with Crippen LogP contribution in [0, 0.1) is 6.92 Å². The van der Waals surface area contributed by atoms with E-state index in [4.69, 9.17) is 15.3 Å². The van der Waals surface area contributed by atoms with E-state index in [1.54, 1.807) is 30.3 Å². The molecule has 0 amide bonds. The monoisotopic (exact) mass is 379 g/mol. The summed E-state index contributed by atoms with van der Waals surface area (Å²) in [5, 5.41) is 16.3. The zero-order valence-electron chi connectivity index (χ0n) is 15.0. The number of nitrogens with zero attached hydrogens (tertiary/aromatic N) is 5. The van der Waals surface area contributed by atoms with Crippen LogP contribution in [-0.2, 0) is 6.42 Å². The fourth-order valence-corrected chi connectivity index (χ4v) is 2.68. The molecule has 0 fully saturated rings. The van der Waals surface area contributed by atoms with Crippen molar-refractivity contribution in [3.8, 4) is 11.6 Å². The quantitative estimate of drug-likeness (QED) is 0.458. The number of hydrogen-bond donors (Lipinski definition) is 3. The van der Waals surface area contributed by atoms with Crippen molar-refractivity contribution in [1.82, 2.24) is 24.6 Å². The Labute approximate surface area is 159 Å². The molecule has 0 radical (unpaired) electrons. The summed E-state index contributed by atoms with van der Waals surface area (Å²) >= 11 is 0. The third kappa shape index (κ3) is 3.47. The third-order valence-corrected chi connectivity index (χ3v) is 4.09. The van der Waals surface area contributed by atoms with Crippen molar-refractivity contribution in [2.45, 2.75) is 13.3 Å². The van der Waals surface area contributed by atoms with Crippen LogP contribution < -0.4 is 11.1 Å². The minimum atomic E-state index is -0.945. The largest absolute Gasteiger partial charge is 0.478 e. The standard InChI is InChI=1S/C18H17N7O3/c1-10-2-7-13(28-10)14-21-18-23-17(22-16(19)25(18)24-14)20-9-8-11-3-5-12(6-4-11)15(26)27/h2-7H,8-9H2,1H3,(H,26,27)(H3,19,20,21,22,23,24). The lowest BCUT2D eigenvalue weighted by atomic mass is 10.1. The Bertz CT molecular complexity index is 1150. The SMILES string of the molecule is Cc1ccc(-c2nc3nc(NCCc4ccc(C(=O)O)cc4)nc(N)n3n2)o1. The van der Waals surface area contributed by atoms with Crippen molar-refractivity contribution >= 4 is 23.6 Å². The molecule has 0 aliphatic rings. The first-order valence-corrected chi connectivity index (χ1v) is 8.53. The molecule has 0 aliphatic carbocycles. The van der Waals surface area contributed by atoms with E-state index < -0.39 is 5.97 Å². The Balaban J connectivity index is 1.47. The predicted molar refractivity (Wildman–Crippen MR) is 101 cm³/mol. The van der Waals surface area contributed by atoms with Crippen LogP contribution >= 0.6 is 0 Å². The molecule has 4 N–H and O–H groups in total. The maximum atomic E-state index is 10.9. The molecule has 0 unspecified atom stereocenters. The summed E-state index contributed by atoms with van der Waals surface area (Å²) in [7, 11) is 0. The number of furan rings is 1. The van der Waals surface area contributed by atoms with E-state index in [-0.39, 0.29) is 11.5 Å². The second-order valence-corrected chi connectivity index (χ2v) is 6.14. The minimum Gasteiger partial charge on any atom is -0.478 e. The Morgan fingerprint density at radius 3 is 2.64 bits per heavy atom. The molecular weight excluding hydrogens is 362 g/mol. The highest BCUT2D eigenvalue weighted by Crippen LogP contribution is 2.19. The molecule has 4 aromatic rings. The van der Waals surface area contributed by atoms with E-state index in [0.29, 0.717) is 36.3 Å². The maximum Gasteiger partial charge on any atom is 0.335 e. The van der Waals surface area contributed by atoms with Gasteiger partial charge in [-0.25, -0.2) is 4.79 Å². The van der Waals surface area contributed by atoms with E-state index in [1.165, 1.54) is 4.52 Å². The van der Waals surface area contributed by atoms with Crippen LogP contribution in [0.15, 0.2) is 40.8 Å². The fraction of sp³-hybridized carbons (Fsp3) is 0.167. The van der Waals surface area contributed by atoms with Crippen LogP contribution in [0.5, 0.6) is 0 Å². The molecule has 10 nitrogen and oxygen atoms in total. The molecule has 0 aliphatic heterocycles. The van der Waals surface area contributed by atoms with E-state index in [1.807, 2.05) is 13.0 Å². The number of nitrogen functional groups attached to an aromatic ring is 1. The first-order chi connectivity index (χ1) is 13.5. The lowest BCUT2D eigenvalue weighted by Crippen LogP contribution is -2.12. The fourth-order valence-electron chi connectivity index (χ4n) is 2.68. The van der Waals surface area contributed by atoms with E-state index in [9.17, 15) is 4.79 Å². The number of aryl methyl sites for hydroxylation is 1. The molecule has 0 bridgehead atoms. The van der Waals surface area contributed by atoms with Gasteiger partial charge in [0.05, 0.1) is 5.56 Å². The number of hydrogen-bond acceptors (Lipinski definition) is 8. The van der Waals surface area contributed by atoms with Crippen LogP contribution in [0.1, 0.15) is 21.7 Å². The number of benzene rings is 1. The van der Waals surface area contributed by atoms with Gasteiger partial charge in [-0.1, -0.05) is 12.1 Å². The Morgan fingerprint density at radius 2 is 1.96 bits per heavy atom. The summed E-state index contributed by atoms with van der Waals surface area (Å²) in [5.74, 6) is 1.52. The number of carboxylic acid groups (broad SMARTS) is 1. The van der Waals surface area contributed by atoms with Crippen LogP contribution in [0.25, 0.3) is 17.4 Å². The molecule has 0 saturated carbocycles. The Kier molecular flexibility index (Phi) is 4.36. The molecule has 142 valence electrons. The average Bonchev–Trinajstić information content (AvgIpc) is 3.28. The van der Waals surface area contributed by atoms with E-state index in [2.05, 4.69) is 25.4 Å². The van der Waals surface area contributed by atoms with Gasteiger partial charge < -0.3 is 20.6 Å². The average molecular weight is 379 g/mol. The summed E-state index contributed by atoms with van der Waals surface area (Å²) < 4.78 is 6.88. The Hall–Kier alpha value is -3.95. The minimum absolute atomic E-state index is 0.153. The third-order valence-electron chi connectivity index (χ3n) is 4.09. The molecule has 0 saturated heterocycles. The number of aromatic nitrogens is 5. The predicted octanol–water partition coefficient (Wildman–Crippen LogP) is 2.02. The van der Waals surface area contributed by atoms with E-state index >= 15 is 0 Å². The maximum absolute atomic E-state index is 10.9. The molecule has 28 heavy (non-hydrogen) atoms. The van der Waals surface area contributed by atoms with Gasteiger partial charge in [0.25, 0.3) is 5.78 Å². The molecule has 1 aromatic carbocycles. The number of carbonyl (C=O) groups is 1. The van der Waals surface area contributed by atoms with Crippen molar-refractivity contribution in [2.75, 3.05) is 17.6 Å². The van der Waals surface area contributed by atoms with Gasteiger partial charge in [0.15, 0.2) is 5.76 Å². The van der Waals surface area contributed by atoms with Gasteiger partial charge >= 0.3 is 5.97 Å². The van der Waals surface area contributed by atoms with Gasteiger partial charge in [-0.05, 0) is 43.2 Å². The summed E-state index contributed by atoms with van der Waals surface area (Å²) in [5.41, 5.74) is 7.21. The first kappa shape index (κ1) is 17.5. The zero-order chi connectivity index (χ0) is 19.7. The topological polar surface area (TPSA) is 144 Å². The number of anilines is 2. The number of rotatable bonds is 6. The van der Waals surface area contributed by atoms with Crippen molar-refractivity contribution in [1.29, 1.82) is 0 Å². The molecule has 4 rings (SSSR count). The summed E-state index contributed by atoms with van der Waals surface area (Å²) in [4.78, 5) is 23.7. The number of carboxylic acids is 1. The van der Waals surface area contributed by atoms with Gasteiger partial charge in [0.1, 0.15) is 5.76 Å². The summed E-state index contributed by atoms with van der Waals surface area (Å²) in [6.07, 6.45) is 0.665. The van der Waals surface area contributed by atoms with Gasteiger partial charge in [-0.15, -0.1) is 5.10 Å². The highest BCUT2D eigenvalue weighted by molar-refractivity contribution is 5.87. The van der Waals surface area contributed by atoms with Crippen LogP contribution in [0.4, 0.5) is 11.9 Å². The Morgan fingerprint density at radius 1 is 1.18 bits per heavy atom. The number of nitrogens with one attached hydrogen (secondary N) is 1. The summed E-state index contributed by atoms with van der Waals surface area (Å²) in [6, 6.07) is 10.3. The second-order valence-electron chi connectivity index (χ2n) is 6.14. The molecule has 0 atom stereocenters. The second kappa shape index (κ2) is 6.99. The number of fused-ring (bicyclic) bond motifs is 1. The normalized spacial score (nSPS) is 11.0. The van der Waals surface area contributed by atoms with Crippen molar-refractivity contribution in [2.24, 2.45) is 0 Å². The lowest BCUT2D eigenvalue weighted by Gasteiger charge is -2.06. The number of nitrogens with two attached hydrogens (primary N) is 1. The highest BCUT2D eigenvalue weighted by Gasteiger charge is 2.14. The lowest BCUT2D eigenvalue weighted by molar-refractivity contribution is 0.0697. The number of aromatic carboxylic acids is 1. The van der Waals surface area contributed by atoms with Crippen LogP contribution in [0.3, 0.4) is 0 Å². The van der Waals surface area contributed by atoms with Crippen LogP contribution in [-0.4, -0.2) is 42.2 Å². The van der Waals surface area contributed by atoms with Crippen molar-refractivity contribution < 1.29 is 14.3 Å². The van der Waals surface area contributed by atoms with Gasteiger partial charge in [0.2, 0.25) is 17.7 Å². The van der Waals surface area contributed by atoms with Crippen molar-refractivity contribution in [3.05, 3.63) is 53.3 Å².